The van der Waals surface area contributed by atoms with Crippen molar-refractivity contribution in [2.45, 2.75) is 17.7 Å². The molecule has 0 aliphatic carbocycles. The van der Waals surface area contributed by atoms with Crippen LogP contribution in [0.5, 0.6) is 5.75 Å². The number of methoxy groups -OCH3 is 1. The number of thioether (sulfide) groups is 1. The molecule has 3 heteroatoms. The quantitative estimate of drug-likeness (QED) is 0.427. The summed E-state index contributed by atoms with van der Waals surface area (Å²) in [5.74, 6) is 1.87. The summed E-state index contributed by atoms with van der Waals surface area (Å²) in [4.78, 5) is 13.3. The molecule has 20 heavy (non-hydrogen) atoms. The van der Waals surface area contributed by atoms with Crippen LogP contribution < -0.4 is 4.74 Å². The van der Waals surface area contributed by atoms with Crippen molar-refractivity contribution >= 4 is 17.5 Å². The van der Waals surface area contributed by atoms with Gasteiger partial charge in [0.25, 0.3) is 0 Å². The number of carbonyl (C=O) groups is 1. The van der Waals surface area contributed by atoms with E-state index in [4.69, 9.17) is 4.74 Å². The second kappa shape index (κ2) is 7.75. The van der Waals surface area contributed by atoms with Gasteiger partial charge in [0.2, 0.25) is 0 Å². The van der Waals surface area contributed by atoms with Crippen LogP contribution >= 0.6 is 11.8 Å². The lowest BCUT2D eigenvalue weighted by molar-refractivity contribution is 0.0981. The van der Waals surface area contributed by atoms with Gasteiger partial charge in [-0.1, -0.05) is 30.3 Å². The average Bonchev–Trinajstić information content (AvgIpc) is 2.52. The minimum absolute atomic E-state index is 0.178. The van der Waals surface area contributed by atoms with Crippen LogP contribution in [0.15, 0.2) is 59.5 Å². The lowest BCUT2D eigenvalue weighted by Gasteiger charge is -2.04. The summed E-state index contributed by atoms with van der Waals surface area (Å²) in [7, 11) is 1.61. The summed E-state index contributed by atoms with van der Waals surface area (Å²) in [5, 5.41) is 0. The first-order valence-corrected chi connectivity index (χ1v) is 7.63. The Bertz CT molecular complexity index is 552. The van der Waals surface area contributed by atoms with Crippen molar-refractivity contribution in [3.05, 3.63) is 60.2 Å². The lowest BCUT2D eigenvalue weighted by Crippen LogP contribution is -2.00. The van der Waals surface area contributed by atoms with Crippen molar-refractivity contribution < 1.29 is 9.53 Å². The monoisotopic (exact) mass is 286 g/mol. The van der Waals surface area contributed by atoms with E-state index in [1.807, 2.05) is 36.4 Å². The third-order valence-electron chi connectivity index (χ3n) is 2.95. The molecule has 0 aliphatic heterocycles. The van der Waals surface area contributed by atoms with Crippen LogP contribution in [0.25, 0.3) is 0 Å². The average molecular weight is 286 g/mol. The van der Waals surface area contributed by atoms with Crippen molar-refractivity contribution in [2.75, 3.05) is 12.9 Å². The van der Waals surface area contributed by atoms with E-state index < -0.39 is 0 Å². The summed E-state index contributed by atoms with van der Waals surface area (Å²) >= 11 is 1.79. The number of hydrogen-bond acceptors (Lipinski definition) is 3. The Morgan fingerprint density at radius 3 is 2.65 bits per heavy atom. The molecule has 0 fully saturated rings. The SMILES string of the molecule is COc1cccc(C(=O)CCCSc2ccccc2)c1. The molecule has 2 aromatic rings. The number of hydrogen-bond donors (Lipinski definition) is 0. The molecule has 0 amide bonds. The van der Waals surface area contributed by atoms with E-state index in [1.165, 1.54) is 4.90 Å². The molecule has 2 rings (SSSR count). The van der Waals surface area contributed by atoms with E-state index in [2.05, 4.69) is 12.1 Å². The van der Waals surface area contributed by atoms with E-state index in [0.29, 0.717) is 6.42 Å². The largest absolute Gasteiger partial charge is 0.497 e. The molecular formula is C17H18O2S. The second-order valence-electron chi connectivity index (χ2n) is 4.42. The van der Waals surface area contributed by atoms with Crippen molar-refractivity contribution in [3.63, 3.8) is 0 Å². The molecule has 0 aliphatic rings. The van der Waals surface area contributed by atoms with Crippen LogP contribution in [-0.2, 0) is 0 Å². The fourth-order valence-electron chi connectivity index (χ4n) is 1.88. The fraction of sp³-hybridized carbons (Fsp3) is 0.235. The summed E-state index contributed by atoms with van der Waals surface area (Å²) in [6, 6.07) is 17.6. The molecule has 0 radical (unpaired) electrons. The predicted molar refractivity (Wildman–Crippen MR) is 83.7 cm³/mol. The predicted octanol–water partition coefficient (Wildman–Crippen LogP) is 4.45. The van der Waals surface area contributed by atoms with E-state index in [9.17, 15) is 4.79 Å². The van der Waals surface area contributed by atoms with Crippen LogP contribution in [0.4, 0.5) is 0 Å². The number of ether oxygens (including phenoxy) is 1. The Morgan fingerprint density at radius 2 is 1.90 bits per heavy atom. The molecule has 0 bridgehead atoms. The van der Waals surface area contributed by atoms with Gasteiger partial charge >= 0.3 is 0 Å². The highest BCUT2D eigenvalue weighted by atomic mass is 32.2. The minimum Gasteiger partial charge on any atom is -0.497 e. The smallest absolute Gasteiger partial charge is 0.163 e. The van der Waals surface area contributed by atoms with Crippen LogP contribution in [0.3, 0.4) is 0 Å². The van der Waals surface area contributed by atoms with E-state index >= 15 is 0 Å². The maximum absolute atomic E-state index is 12.1. The Kier molecular flexibility index (Phi) is 5.69. The minimum atomic E-state index is 0.178. The lowest BCUT2D eigenvalue weighted by atomic mass is 10.1. The molecule has 0 atom stereocenters. The number of benzene rings is 2. The first kappa shape index (κ1) is 14.7. The van der Waals surface area contributed by atoms with Crippen LogP contribution in [0, 0.1) is 0 Å². The van der Waals surface area contributed by atoms with E-state index in [-0.39, 0.29) is 5.78 Å². The van der Waals surface area contributed by atoms with Gasteiger partial charge in [-0.2, -0.15) is 0 Å². The molecule has 0 saturated carbocycles. The third kappa shape index (κ3) is 4.42. The molecule has 2 aromatic carbocycles. The third-order valence-corrected chi connectivity index (χ3v) is 4.05. The van der Waals surface area contributed by atoms with Gasteiger partial charge < -0.3 is 4.74 Å². The molecule has 0 N–H and O–H groups in total. The molecule has 0 saturated heterocycles. The normalized spacial score (nSPS) is 10.2. The van der Waals surface area contributed by atoms with Crippen molar-refractivity contribution in [2.24, 2.45) is 0 Å². The maximum Gasteiger partial charge on any atom is 0.163 e. The Balaban J connectivity index is 1.77. The van der Waals surface area contributed by atoms with Gasteiger partial charge in [-0.25, -0.2) is 0 Å². The number of ketones is 1. The summed E-state index contributed by atoms with van der Waals surface area (Å²) < 4.78 is 5.13. The Hall–Kier alpha value is -1.74. The number of rotatable bonds is 7. The highest BCUT2D eigenvalue weighted by Gasteiger charge is 2.06. The molecular weight excluding hydrogens is 268 g/mol. The highest BCUT2D eigenvalue weighted by Crippen LogP contribution is 2.20. The van der Waals surface area contributed by atoms with Crippen molar-refractivity contribution in [1.82, 2.24) is 0 Å². The molecule has 0 spiro atoms. The molecule has 2 nitrogen and oxygen atoms in total. The van der Waals surface area contributed by atoms with Crippen LogP contribution in [0.1, 0.15) is 23.2 Å². The standard InChI is InChI=1S/C17H18O2S/c1-19-15-8-5-7-14(13-15)17(18)11-6-12-20-16-9-3-2-4-10-16/h2-5,7-10,13H,6,11-12H2,1H3. The van der Waals surface area contributed by atoms with Crippen molar-refractivity contribution in [1.29, 1.82) is 0 Å². The van der Waals surface area contributed by atoms with Gasteiger partial charge in [-0.05, 0) is 36.4 Å². The number of Topliss-reactive ketones (excluding diaryl/α,β-unsaturated/α-hetero) is 1. The van der Waals surface area contributed by atoms with Crippen molar-refractivity contribution in [3.8, 4) is 5.75 Å². The first-order chi connectivity index (χ1) is 9.79. The van der Waals surface area contributed by atoms with Crippen LogP contribution in [0.2, 0.25) is 0 Å². The van der Waals surface area contributed by atoms with Gasteiger partial charge in [0, 0.05) is 16.9 Å². The zero-order valence-electron chi connectivity index (χ0n) is 11.5. The molecule has 0 aromatic heterocycles. The Morgan fingerprint density at radius 1 is 1.10 bits per heavy atom. The summed E-state index contributed by atoms with van der Waals surface area (Å²) in [6.45, 7) is 0. The summed E-state index contributed by atoms with van der Waals surface area (Å²) in [6.07, 6.45) is 1.46. The zero-order chi connectivity index (χ0) is 14.2. The van der Waals surface area contributed by atoms with Gasteiger partial charge in [0.1, 0.15) is 5.75 Å². The molecule has 0 heterocycles. The van der Waals surface area contributed by atoms with Gasteiger partial charge in [0.15, 0.2) is 5.78 Å². The first-order valence-electron chi connectivity index (χ1n) is 6.64. The Labute approximate surface area is 124 Å². The fourth-order valence-corrected chi connectivity index (χ4v) is 2.75. The zero-order valence-corrected chi connectivity index (χ0v) is 12.4. The van der Waals surface area contributed by atoms with Gasteiger partial charge in [0.05, 0.1) is 7.11 Å². The molecule has 104 valence electrons. The number of carbonyl (C=O) groups excluding carboxylic acids is 1. The van der Waals surface area contributed by atoms with Gasteiger partial charge in [-0.15, -0.1) is 11.8 Å². The second-order valence-corrected chi connectivity index (χ2v) is 5.59. The topological polar surface area (TPSA) is 26.3 Å². The van der Waals surface area contributed by atoms with E-state index in [0.717, 1.165) is 23.5 Å². The van der Waals surface area contributed by atoms with Gasteiger partial charge in [-0.3, -0.25) is 4.79 Å². The molecule has 0 unspecified atom stereocenters. The highest BCUT2D eigenvalue weighted by molar-refractivity contribution is 7.99. The van der Waals surface area contributed by atoms with E-state index in [1.54, 1.807) is 24.9 Å². The van der Waals surface area contributed by atoms with Crippen LogP contribution in [-0.4, -0.2) is 18.6 Å². The summed E-state index contributed by atoms with van der Waals surface area (Å²) in [5.41, 5.74) is 0.731. The maximum atomic E-state index is 12.1.